The summed E-state index contributed by atoms with van der Waals surface area (Å²) in [6, 6.07) is 41.8. The SMILES string of the molecule is c1ccc(C(c2ccccc2)(c2ccccc2)N2CCc3ccccc3C2)cc1. The zero-order valence-electron chi connectivity index (χ0n) is 16.5. The summed E-state index contributed by atoms with van der Waals surface area (Å²) in [5.41, 5.74) is 6.54. The molecule has 0 saturated heterocycles. The van der Waals surface area contributed by atoms with Crippen molar-refractivity contribution in [2.24, 2.45) is 0 Å². The van der Waals surface area contributed by atoms with E-state index in [2.05, 4.69) is 120 Å². The molecule has 1 aliphatic heterocycles. The van der Waals surface area contributed by atoms with E-state index in [1.54, 1.807) is 0 Å². The Morgan fingerprint density at radius 2 is 0.897 bits per heavy atom. The molecule has 29 heavy (non-hydrogen) atoms. The fourth-order valence-electron chi connectivity index (χ4n) is 4.87. The standard InChI is InChI=1S/C28H25N/c1-4-14-25(15-5-1)28(26-16-6-2-7-17-26,27-18-8-3-9-19-27)29-21-20-23-12-10-11-13-24(23)22-29/h1-19H,20-22H2. The van der Waals surface area contributed by atoms with Gasteiger partial charge in [-0.25, -0.2) is 0 Å². The van der Waals surface area contributed by atoms with Crippen LogP contribution in [0.5, 0.6) is 0 Å². The van der Waals surface area contributed by atoms with Crippen molar-refractivity contribution in [2.75, 3.05) is 6.54 Å². The minimum absolute atomic E-state index is 0.322. The van der Waals surface area contributed by atoms with E-state index in [1.165, 1.54) is 27.8 Å². The maximum Gasteiger partial charge on any atom is 0.0975 e. The lowest BCUT2D eigenvalue weighted by Crippen LogP contribution is -2.50. The molecule has 0 unspecified atom stereocenters. The normalized spacial score (nSPS) is 14.3. The Bertz CT molecular complexity index is 974. The van der Waals surface area contributed by atoms with Crippen molar-refractivity contribution in [3.8, 4) is 0 Å². The van der Waals surface area contributed by atoms with Gasteiger partial charge in [-0.3, -0.25) is 4.90 Å². The summed E-state index contributed by atoms with van der Waals surface area (Å²) in [6.45, 7) is 1.96. The molecule has 1 heterocycles. The van der Waals surface area contributed by atoms with Gasteiger partial charge in [0.1, 0.15) is 0 Å². The number of fused-ring (bicyclic) bond motifs is 1. The smallest absolute Gasteiger partial charge is 0.0975 e. The van der Waals surface area contributed by atoms with Gasteiger partial charge in [0.05, 0.1) is 5.54 Å². The third-order valence-electron chi connectivity index (χ3n) is 6.18. The highest BCUT2D eigenvalue weighted by Crippen LogP contribution is 2.44. The molecule has 142 valence electrons. The van der Waals surface area contributed by atoms with Crippen LogP contribution < -0.4 is 0 Å². The quantitative estimate of drug-likeness (QED) is 0.393. The van der Waals surface area contributed by atoms with Crippen LogP contribution in [-0.4, -0.2) is 11.4 Å². The molecule has 0 bridgehead atoms. The van der Waals surface area contributed by atoms with Crippen molar-refractivity contribution >= 4 is 0 Å². The number of rotatable bonds is 4. The van der Waals surface area contributed by atoms with E-state index >= 15 is 0 Å². The summed E-state index contributed by atoms with van der Waals surface area (Å²) >= 11 is 0. The molecule has 1 nitrogen and oxygen atoms in total. The van der Waals surface area contributed by atoms with E-state index in [4.69, 9.17) is 0 Å². The maximum atomic E-state index is 2.66. The van der Waals surface area contributed by atoms with Gasteiger partial charge < -0.3 is 0 Å². The fraction of sp³-hybridized carbons (Fsp3) is 0.143. The third kappa shape index (κ3) is 3.08. The van der Waals surface area contributed by atoms with Gasteiger partial charge in [-0.15, -0.1) is 0 Å². The monoisotopic (exact) mass is 375 g/mol. The molecule has 0 spiro atoms. The highest BCUT2D eigenvalue weighted by molar-refractivity contribution is 5.50. The second kappa shape index (κ2) is 7.69. The molecular formula is C28H25N. The van der Waals surface area contributed by atoms with E-state index in [-0.39, 0.29) is 5.54 Å². The number of hydrogen-bond acceptors (Lipinski definition) is 1. The molecule has 0 atom stereocenters. The first-order valence-electron chi connectivity index (χ1n) is 10.4. The van der Waals surface area contributed by atoms with Crippen molar-refractivity contribution in [3.63, 3.8) is 0 Å². The van der Waals surface area contributed by atoms with Crippen LogP contribution in [0.2, 0.25) is 0 Å². The summed E-state index contributed by atoms with van der Waals surface area (Å²) in [5.74, 6) is 0. The lowest BCUT2D eigenvalue weighted by atomic mass is 9.74. The molecule has 1 heteroatoms. The lowest BCUT2D eigenvalue weighted by Gasteiger charge is -2.47. The number of benzene rings is 4. The zero-order chi connectivity index (χ0) is 19.5. The molecule has 4 aromatic rings. The van der Waals surface area contributed by atoms with Gasteiger partial charge in [-0.2, -0.15) is 0 Å². The van der Waals surface area contributed by atoms with Gasteiger partial charge in [0.2, 0.25) is 0 Å². The Morgan fingerprint density at radius 1 is 0.483 bits per heavy atom. The number of nitrogens with zero attached hydrogens (tertiary/aromatic N) is 1. The summed E-state index contributed by atoms with van der Waals surface area (Å²) in [5, 5.41) is 0. The van der Waals surface area contributed by atoms with Gasteiger partial charge in [0, 0.05) is 13.1 Å². The van der Waals surface area contributed by atoms with Crippen LogP contribution in [-0.2, 0) is 18.5 Å². The highest BCUT2D eigenvalue weighted by Gasteiger charge is 2.42. The van der Waals surface area contributed by atoms with Gasteiger partial charge in [0.15, 0.2) is 0 Å². The predicted molar refractivity (Wildman–Crippen MR) is 120 cm³/mol. The van der Waals surface area contributed by atoms with Crippen LogP contribution in [0.3, 0.4) is 0 Å². The minimum Gasteiger partial charge on any atom is -0.281 e. The van der Waals surface area contributed by atoms with Crippen LogP contribution in [0.4, 0.5) is 0 Å². The van der Waals surface area contributed by atoms with Crippen LogP contribution in [0.25, 0.3) is 0 Å². The van der Waals surface area contributed by atoms with E-state index in [0.717, 1.165) is 19.5 Å². The molecule has 1 aliphatic rings. The Labute approximate surface area is 173 Å². The fourth-order valence-corrected chi connectivity index (χ4v) is 4.87. The maximum absolute atomic E-state index is 2.66. The summed E-state index contributed by atoms with van der Waals surface area (Å²) in [4.78, 5) is 2.66. The third-order valence-corrected chi connectivity index (χ3v) is 6.18. The first kappa shape index (κ1) is 17.9. The molecule has 0 amide bonds. The molecule has 0 N–H and O–H groups in total. The van der Waals surface area contributed by atoms with Gasteiger partial charge >= 0.3 is 0 Å². The molecular weight excluding hydrogens is 350 g/mol. The van der Waals surface area contributed by atoms with E-state index in [0.29, 0.717) is 0 Å². The van der Waals surface area contributed by atoms with Gasteiger partial charge in [0.25, 0.3) is 0 Å². The molecule has 0 saturated carbocycles. The zero-order valence-corrected chi connectivity index (χ0v) is 16.5. The minimum atomic E-state index is -0.322. The van der Waals surface area contributed by atoms with Crippen molar-refractivity contribution < 1.29 is 0 Å². The van der Waals surface area contributed by atoms with Crippen LogP contribution in [0.15, 0.2) is 115 Å². The summed E-state index contributed by atoms with van der Waals surface area (Å²) in [6.07, 6.45) is 1.07. The van der Waals surface area contributed by atoms with Crippen molar-refractivity contribution in [3.05, 3.63) is 143 Å². The molecule has 0 radical (unpaired) electrons. The van der Waals surface area contributed by atoms with E-state index in [9.17, 15) is 0 Å². The average molecular weight is 376 g/mol. The predicted octanol–water partition coefficient (Wildman–Crippen LogP) is 6.04. The first-order valence-corrected chi connectivity index (χ1v) is 10.4. The molecule has 5 rings (SSSR count). The van der Waals surface area contributed by atoms with Crippen LogP contribution in [0, 0.1) is 0 Å². The van der Waals surface area contributed by atoms with E-state index in [1.807, 2.05) is 0 Å². The Morgan fingerprint density at radius 3 is 1.38 bits per heavy atom. The second-order valence-electron chi connectivity index (χ2n) is 7.75. The first-order chi connectivity index (χ1) is 14.4. The van der Waals surface area contributed by atoms with Crippen LogP contribution in [0.1, 0.15) is 27.8 Å². The lowest BCUT2D eigenvalue weighted by molar-refractivity contribution is 0.139. The highest BCUT2D eigenvalue weighted by atomic mass is 15.2. The Kier molecular flexibility index (Phi) is 4.75. The second-order valence-corrected chi connectivity index (χ2v) is 7.75. The van der Waals surface area contributed by atoms with Crippen LogP contribution >= 0.6 is 0 Å². The van der Waals surface area contributed by atoms with E-state index < -0.39 is 0 Å². The molecule has 0 fully saturated rings. The van der Waals surface area contributed by atoms with Crippen molar-refractivity contribution in [2.45, 2.75) is 18.5 Å². The Hall–Kier alpha value is -3.16. The number of hydrogen-bond donors (Lipinski definition) is 0. The molecule has 0 aliphatic carbocycles. The van der Waals surface area contributed by atoms with Crippen molar-refractivity contribution in [1.29, 1.82) is 0 Å². The average Bonchev–Trinajstić information content (AvgIpc) is 2.82. The Balaban J connectivity index is 1.77. The topological polar surface area (TPSA) is 3.24 Å². The van der Waals surface area contributed by atoms with Gasteiger partial charge in [-0.1, -0.05) is 115 Å². The summed E-state index contributed by atoms with van der Waals surface area (Å²) < 4.78 is 0. The van der Waals surface area contributed by atoms with Gasteiger partial charge in [-0.05, 0) is 34.2 Å². The summed E-state index contributed by atoms with van der Waals surface area (Å²) in [7, 11) is 0. The largest absolute Gasteiger partial charge is 0.281 e. The van der Waals surface area contributed by atoms with Crippen molar-refractivity contribution in [1.82, 2.24) is 4.90 Å². The molecule has 0 aromatic heterocycles. The molecule has 4 aromatic carbocycles.